The zero-order valence-corrected chi connectivity index (χ0v) is 12.5. The van der Waals surface area contributed by atoms with Crippen LogP contribution in [0.15, 0.2) is 34.9 Å². The van der Waals surface area contributed by atoms with Crippen LogP contribution in [0.2, 0.25) is 0 Å². The molecule has 0 radical (unpaired) electrons. The van der Waals surface area contributed by atoms with Crippen molar-refractivity contribution in [2.24, 2.45) is 0 Å². The van der Waals surface area contributed by atoms with Crippen molar-refractivity contribution in [2.45, 2.75) is 26.4 Å². The fourth-order valence-electron chi connectivity index (χ4n) is 2.21. The van der Waals surface area contributed by atoms with E-state index in [4.69, 9.17) is 0 Å². The van der Waals surface area contributed by atoms with Gasteiger partial charge in [-0.2, -0.15) is 5.10 Å². The van der Waals surface area contributed by atoms with Gasteiger partial charge in [-0.05, 0) is 38.1 Å². The van der Waals surface area contributed by atoms with E-state index in [1.54, 1.807) is 0 Å². The lowest BCUT2D eigenvalue weighted by Gasteiger charge is -2.20. The fraction of sp³-hybridized carbons (Fsp3) is 0.357. The van der Waals surface area contributed by atoms with Gasteiger partial charge in [-0.15, -0.1) is 0 Å². The van der Waals surface area contributed by atoms with Crippen molar-refractivity contribution < 1.29 is 0 Å². The van der Waals surface area contributed by atoms with Crippen LogP contribution in [0, 0.1) is 6.92 Å². The van der Waals surface area contributed by atoms with Gasteiger partial charge in [0.05, 0.1) is 11.7 Å². The van der Waals surface area contributed by atoms with Crippen molar-refractivity contribution in [3.05, 3.63) is 51.8 Å². The van der Waals surface area contributed by atoms with Crippen molar-refractivity contribution in [1.82, 2.24) is 15.1 Å². The molecule has 0 aliphatic carbocycles. The van der Waals surface area contributed by atoms with Crippen LogP contribution in [0.5, 0.6) is 0 Å². The predicted octanol–water partition coefficient (Wildman–Crippen LogP) is 3.28. The maximum Gasteiger partial charge on any atom is 0.0756 e. The number of nitrogens with one attached hydrogen (secondary N) is 1. The molecule has 2 rings (SSSR count). The van der Waals surface area contributed by atoms with Gasteiger partial charge in [0.15, 0.2) is 0 Å². The summed E-state index contributed by atoms with van der Waals surface area (Å²) in [6.45, 7) is 5.09. The summed E-state index contributed by atoms with van der Waals surface area (Å²) in [5.41, 5.74) is 3.68. The molecular formula is C14H18BrN3. The summed E-state index contributed by atoms with van der Waals surface area (Å²) < 4.78 is 3.18. The minimum atomic E-state index is 0.154. The topological polar surface area (TPSA) is 29.9 Å². The summed E-state index contributed by atoms with van der Waals surface area (Å²) in [7, 11) is 1.98. The smallest absolute Gasteiger partial charge is 0.0756 e. The SMILES string of the molecule is CCn1nccc1C(NC)c1cccc(C)c1Br. The third-order valence-electron chi connectivity index (χ3n) is 3.17. The molecule has 18 heavy (non-hydrogen) atoms. The zero-order chi connectivity index (χ0) is 13.1. The Labute approximate surface area is 116 Å². The van der Waals surface area contributed by atoms with E-state index in [-0.39, 0.29) is 6.04 Å². The Bertz CT molecular complexity index is 534. The molecule has 0 aliphatic rings. The van der Waals surface area contributed by atoms with Crippen molar-refractivity contribution in [3.63, 3.8) is 0 Å². The third-order valence-corrected chi connectivity index (χ3v) is 4.25. The fourth-order valence-corrected chi connectivity index (χ4v) is 2.70. The van der Waals surface area contributed by atoms with Crippen LogP contribution < -0.4 is 5.32 Å². The van der Waals surface area contributed by atoms with Crippen molar-refractivity contribution in [2.75, 3.05) is 7.05 Å². The van der Waals surface area contributed by atoms with E-state index in [0.29, 0.717) is 0 Å². The molecule has 1 heterocycles. The minimum Gasteiger partial charge on any atom is -0.308 e. The van der Waals surface area contributed by atoms with Gasteiger partial charge in [0.25, 0.3) is 0 Å². The van der Waals surface area contributed by atoms with Gasteiger partial charge in [-0.3, -0.25) is 4.68 Å². The second-order valence-corrected chi connectivity index (χ2v) is 5.06. The Kier molecular flexibility index (Phi) is 4.19. The van der Waals surface area contributed by atoms with E-state index >= 15 is 0 Å². The maximum absolute atomic E-state index is 4.34. The third kappa shape index (κ3) is 2.35. The highest BCUT2D eigenvalue weighted by Crippen LogP contribution is 2.30. The summed E-state index contributed by atoms with van der Waals surface area (Å²) in [5.74, 6) is 0. The van der Waals surface area contributed by atoms with Crippen molar-refractivity contribution >= 4 is 15.9 Å². The Morgan fingerprint density at radius 3 is 2.83 bits per heavy atom. The molecule has 1 unspecified atom stereocenters. The molecule has 2 aromatic rings. The van der Waals surface area contributed by atoms with Crippen LogP contribution in [0.3, 0.4) is 0 Å². The van der Waals surface area contributed by atoms with Crippen LogP contribution in [0.1, 0.15) is 29.8 Å². The molecule has 4 heteroatoms. The summed E-state index contributed by atoms with van der Waals surface area (Å²) in [4.78, 5) is 0. The lowest BCUT2D eigenvalue weighted by Crippen LogP contribution is -2.22. The summed E-state index contributed by atoms with van der Waals surface area (Å²) in [6, 6.07) is 8.57. The van der Waals surface area contributed by atoms with Crippen LogP contribution in [0.4, 0.5) is 0 Å². The summed E-state index contributed by atoms with van der Waals surface area (Å²) in [6.07, 6.45) is 1.85. The number of aryl methyl sites for hydroxylation is 2. The number of hydrogen-bond donors (Lipinski definition) is 1. The Morgan fingerprint density at radius 1 is 1.39 bits per heavy atom. The van der Waals surface area contributed by atoms with Crippen LogP contribution in [-0.4, -0.2) is 16.8 Å². The molecule has 1 aromatic carbocycles. The first-order chi connectivity index (χ1) is 8.69. The molecule has 1 N–H and O–H groups in total. The molecular weight excluding hydrogens is 290 g/mol. The van der Waals surface area contributed by atoms with E-state index < -0.39 is 0 Å². The lowest BCUT2D eigenvalue weighted by molar-refractivity contribution is 0.562. The highest BCUT2D eigenvalue weighted by molar-refractivity contribution is 9.10. The standard InChI is InChI=1S/C14H18BrN3/c1-4-18-12(8-9-17-18)14(16-3)11-7-5-6-10(2)13(11)15/h5-9,14,16H,4H2,1-3H3. The molecule has 0 bridgehead atoms. The van der Waals surface area contributed by atoms with Gasteiger partial charge < -0.3 is 5.32 Å². The summed E-state index contributed by atoms with van der Waals surface area (Å²) >= 11 is 3.68. The van der Waals surface area contributed by atoms with Crippen LogP contribution in [0.25, 0.3) is 0 Å². The van der Waals surface area contributed by atoms with Gasteiger partial charge in [0.1, 0.15) is 0 Å². The average Bonchev–Trinajstić information content (AvgIpc) is 2.83. The first-order valence-corrected chi connectivity index (χ1v) is 6.92. The molecule has 0 spiro atoms. The van der Waals surface area contributed by atoms with Crippen molar-refractivity contribution in [1.29, 1.82) is 0 Å². The number of rotatable bonds is 4. The Morgan fingerprint density at radius 2 is 2.17 bits per heavy atom. The number of benzene rings is 1. The Balaban J connectivity index is 2.49. The van der Waals surface area contributed by atoms with E-state index in [0.717, 1.165) is 11.0 Å². The predicted molar refractivity (Wildman–Crippen MR) is 77.7 cm³/mol. The van der Waals surface area contributed by atoms with E-state index in [2.05, 4.69) is 64.5 Å². The normalized spacial score (nSPS) is 12.7. The van der Waals surface area contributed by atoms with Gasteiger partial charge in [-0.1, -0.05) is 34.1 Å². The minimum absolute atomic E-state index is 0.154. The van der Waals surface area contributed by atoms with E-state index in [1.165, 1.54) is 16.8 Å². The van der Waals surface area contributed by atoms with Crippen LogP contribution >= 0.6 is 15.9 Å². The highest BCUT2D eigenvalue weighted by Gasteiger charge is 2.18. The van der Waals surface area contributed by atoms with Crippen LogP contribution in [-0.2, 0) is 6.54 Å². The molecule has 1 atom stereocenters. The second kappa shape index (κ2) is 5.67. The van der Waals surface area contributed by atoms with Gasteiger partial charge >= 0.3 is 0 Å². The second-order valence-electron chi connectivity index (χ2n) is 4.27. The molecule has 0 fully saturated rings. The largest absolute Gasteiger partial charge is 0.308 e. The number of nitrogens with zero attached hydrogens (tertiary/aromatic N) is 2. The highest BCUT2D eigenvalue weighted by atomic mass is 79.9. The number of hydrogen-bond acceptors (Lipinski definition) is 2. The first-order valence-electron chi connectivity index (χ1n) is 6.13. The van der Waals surface area contributed by atoms with E-state index in [9.17, 15) is 0 Å². The number of halogens is 1. The average molecular weight is 308 g/mol. The quantitative estimate of drug-likeness (QED) is 0.939. The monoisotopic (exact) mass is 307 g/mol. The molecule has 3 nitrogen and oxygen atoms in total. The summed E-state index contributed by atoms with van der Waals surface area (Å²) in [5, 5.41) is 7.72. The zero-order valence-electron chi connectivity index (χ0n) is 10.9. The van der Waals surface area contributed by atoms with Crippen molar-refractivity contribution in [3.8, 4) is 0 Å². The maximum atomic E-state index is 4.34. The van der Waals surface area contributed by atoms with Gasteiger partial charge in [0.2, 0.25) is 0 Å². The number of aromatic nitrogens is 2. The van der Waals surface area contributed by atoms with Gasteiger partial charge in [-0.25, -0.2) is 0 Å². The molecule has 96 valence electrons. The lowest BCUT2D eigenvalue weighted by atomic mass is 10.0. The molecule has 0 saturated heterocycles. The molecule has 0 saturated carbocycles. The molecule has 0 amide bonds. The molecule has 0 aliphatic heterocycles. The Hall–Kier alpha value is -1.13. The van der Waals surface area contributed by atoms with E-state index in [1.807, 2.05) is 17.9 Å². The first kappa shape index (κ1) is 13.3. The van der Waals surface area contributed by atoms with Gasteiger partial charge in [0, 0.05) is 17.2 Å². The molecule has 1 aromatic heterocycles.